The minimum Gasteiger partial charge on any atom is -0.355 e. The molecule has 0 radical (unpaired) electrons. The Bertz CT molecular complexity index is 1240. The molecular weight excluding hydrogens is 508 g/mol. The number of nitrogens with one attached hydrogen (secondary N) is 2. The third-order valence-corrected chi connectivity index (χ3v) is 7.20. The van der Waals surface area contributed by atoms with E-state index in [1.54, 1.807) is 60.7 Å². The maximum absolute atomic E-state index is 11.7. The van der Waals surface area contributed by atoms with E-state index in [0.29, 0.717) is 11.7 Å². The van der Waals surface area contributed by atoms with Crippen LogP contribution in [-0.2, 0) is 19.7 Å². The average molecular weight is 537 g/mol. The number of aliphatic imine (C=N–C) groups is 1. The molecule has 0 spiro atoms. The van der Waals surface area contributed by atoms with Gasteiger partial charge in [-0.2, -0.15) is 5.10 Å². The zero-order valence-electron chi connectivity index (χ0n) is 19.5. The third kappa shape index (κ3) is 9.31. The van der Waals surface area contributed by atoms with Crippen LogP contribution in [0.1, 0.15) is 24.0 Å². The molecule has 0 amide bonds. The van der Waals surface area contributed by atoms with Gasteiger partial charge in [-0.15, -0.1) is 12.4 Å². The van der Waals surface area contributed by atoms with Gasteiger partial charge < -0.3 is 5.32 Å². The molecule has 0 aliphatic carbocycles. The van der Waals surface area contributed by atoms with Crippen molar-refractivity contribution < 1.29 is 16.8 Å². The normalized spacial score (nSPS) is 14.5. The summed E-state index contributed by atoms with van der Waals surface area (Å²) in [4.78, 5) is 4.94. The zero-order valence-corrected chi connectivity index (χ0v) is 22.0. The summed E-state index contributed by atoms with van der Waals surface area (Å²) in [6.07, 6.45) is 11.6. The Hall–Kier alpha value is -2.95. The predicted molar refractivity (Wildman–Crippen MR) is 145 cm³/mol. The SMILES string of the molecule is CS(=O)(=O)c1ccc(/C=C/C(/C=C/c2ccc(S(C)(=O)=O)cc2)=NNC2=NCCCCN2)cc1.Cl. The molecule has 1 aliphatic rings. The fourth-order valence-electron chi connectivity index (χ4n) is 3.03. The lowest BCUT2D eigenvalue weighted by atomic mass is 10.1. The van der Waals surface area contributed by atoms with Crippen molar-refractivity contribution in [3.05, 3.63) is 71.8 Å². The van der Waals surface area contributed by atoms with Crippen LogP contribution in [0, 0.1) is 0 Å². The number of sulfone groups is 2. The van der Waals surface area contributed by atoms with Crippen molar-refractivity contribution in [2.75, 3.05) is 25.6 Å². The number of hydrogen-bond donors (Lipinski definition) is 2. The van der Waals surface area contributed by atoms with Gasteiger partial charge in [0.2, 0.25) is 5.96 Å². The molecule has 0 saturated carbocycles. The van der Waals surface area contributed by atoms with Crippen LogP contribution in [0.4, 0.5) is 0 Å². The number of rotatable bonds is 7. The van der Waals surface area contributed by atoms with Gasteiger partial charge in [0.1, 0.15) is 0 Å². The summed E-state index contributed by atoms with van der Waals surface area (Å²) in [7, 11) is -6.51. The molecule has 3 rings (SSSR count). The highest BCUT2D eigenvalue weighted by molar-refractivity contribution is 7.91. The summed E-state index contributed by atoms with van der Waals surface area (Å²) in [6, 6.07) is 13.2. The topological polar surface area (TPSA) is 117 Å². The van der Waals surface area contributed by atoms with Crippen LogP contribution >= 0.6 is 12.4 Å². The van der Waals surface area contributed by atoms with Crippen molar-refractivity contribution in [2.45, 2.75) is 22.6 Å². The number of nitrogens with zero attached hydrogens (tertiary/aromatic N) is 2. The maximum Gasteiger partial charge on any atom is 0.212 e. The molecule has 188 valence electrons. The Kier molecular flexibility index (Phi) is 10.2. The van der Waals surface area contributed by atoms with Crippen LogP contribution < -0.4 is 10.7 Å². The van der Waals surface area contributed by atoms with Crippen molar-refractivity contribution in [2.24, 2.45) is 10.1 Å². The summed E-state index contributed by atoms with van der Waals surface area (Å²) in [5.41, 5.74) is 5.18. The first-order chi connectivity index (χ1) is 16.1. The number of hydrogen-bond acceptors (Lipinski definition) is 8. The van der Waals surface area contributed by atoms with Gasteiger partial charge in [0.05, 0.1) is 15.5 Å². The van der Waals surface area contributed by atoms with E-state index < -0.39 is 19.7 Å². The number of hydrazone groups is 1. The number of halogens is 1. The molecule has 0 fully saturated rings. The molecule has 8 nitrogen and oxygen atoms in total. The Morgan fingerprint density at radius 3 is 1.80 bits per heavy atom. The van der Waals surface area contributed by atoms with Gasteiger partial charge in [-0.25, -0.2) is 22.3 Å². The van der Waals surface area contributed by atoms with Crippen LogP contribution in [0.5, 0.6) is 0 Å². The lowest BCUT2D eigenvalue weighted by Crippen LogP contribution is -2.34. The van der Waals surface area contributed by atoms with Crippen molar-refractivity contribution >= 4 is 55.9 Å². The summed E-state index contributed by atoms with van der Waals surface area (Å²) in [6.45, 7) is 1.55. The molecule has 0 saturated heterocycles. The molecule has 11 heteroatoms. The Balaban J connectivity index is 0.00000432. The highest BCUT2D eigenvalue weighted by Gasteiger charge is 2.06. The van der Waals surface area contributed by atoms with Gasteiger partial charge in [-0.3, -0.25) is 4.99 Å². The summed E-state index contributed by atoms with van der Waals surface area (Å²) >= 11 is 0. The van der Waals surface area contributed by atoms with Crippen LogP contribution in [0.2, 0.25) is 0 Å². The fraction of sp³-hybridized carbons (Fsp3) is 0.250. The minimum absolute atomic E-state index is 0. The van der Waals surface area contributed by atoms with E-state index in [2.05, 4.69) is 20.8 Å². The zero-order chi connectivity index (χ0) is 24.6. The van der Waals surface area contributed by atoms with Gasteiger partial charge in [-0.05, 0) is 60.4 Å². The molecule has 2 aromatic carbocycles. The first-order valence-corrected chi connectivity index (χ1v) is 14.5. The first-order valence-electron chi connectivity index (χ1n) is 10.7. The predicted octanol–water partition coefficient (Wildman–Crippen LogP) is 3.33. The van der Waals surface area contributed by atoms with Crippen molar-refractivity contribution in [3.63, 3.8) is 0 Å². The Labute approximate surface area is 213 Å². The van der Waals surface area contributed by atoms with Crippen molar-refractivity contribution in [1.29, 1.82) is 0 Å². The van der Waals surface area contributed by atoms with E-state index >= 15 is 0 Å². The fourth-order valence-corrected chi connectivity index (χ4v) is 4.29. The van der Waals surface area contributed by atoms with Crippen LogP contribution in [-0.4, -0.2) is 54.1 Å². The Morgan fingerprint density at radius 1 is 0.857 bits per heavy atom. The standard InChI is InChI=1S/C24H28N4O4S2.ClH/c1-33(29,30)22-13-7-19(8-14-22)5-11-21(27-28-24-25-17-3-4-18-26-24)12-6-20-9-15-23(16-10-20)34(2,31)32;/h5-16H,3-4,17-18H2,1-2H3,(H2,25,26,28);1H/b11-5+,12-6+;. The van der Waals surface area contributed by atoms with Gasteiger partial charge in [0, 0.05) is 25.6 Å². The molecule has 35 heavy (non-hydrogen) atoms. The average Bonchev–Trinajstić information content (AvgIpc) is 3.07. The van der Waals surface area contributed by atoms with Gasteiger partial charge >= 0.3 is 0 Å². The number of allylic oxidation sites excluding steroid dienone is 2. The first kappa shape index (κ1) is 28.3. The van der Waals surface area contributed by atoms with Crippen LogP contribution in [0.15, 0.2) is 80.6 Å². The lowest BCUT2D eigenvalue weighted by molar-refractivity contribution is 0.600. The van der Waals surface area contributed by atoms with Gasteiger partial charge in [0.25, 0.3) is 0 Å². The minimum atomic E-state index is -3.25. The number of benzene rings is 2. The summed E-state index contributed by atoms with van der Waals surface area (Å²) in [5, 5.41) is 7.64. The second-order valence-corrected chi connectivity index (χ2v) is 11.9. The summed E-state index contributed by atoms with van der Waals surface area (Å²) < 4.78 is 46.6. The third-order valence-electron chi connectivity index (χ3n) is 4.95. The highest BCUT2D eigenvalue weighted by atomic mass is 35.5. The molecule has 2 N–H and O–H groups in total. The van der Waals surface area contributed by atoms with Gasteiger partial charge in [0.15, 0.2) is 19.7 Å². The molecule has 0 atom stereocenters. The molecule has 1 heterocycles. The highest BCUT2D eigenvalue weighted by Crippen LogP contribution is 2.13. The molecule has 2 aromatic rings. The smallest absolute Gasteiger partial charge is 0.212 e. The molecule has 0 unspecified atom stereocenters. The molecule has 0 aromatic heterocycles. The van der Waals surface area contributed by atoms with E-state index in [1.165, 1.54) is 12.5 Å². The van der Waals surface area contributed by atoms with Crippen molar-refractivity contribution in [1.82, 2.24) is 10.7 Å². The van der Waals surface area contributed by atoms with E-state index in [0.717, 1.165) is 37.1 Å². The maximum atomic E-state index is 11.7. The van der Waals surface area contributed by atoms with Crippen LogP contribution in [0.3, 0.4) is 0 Å². The largest absolute Gasteiger partial charge is 0.355 e. The van der Waals surface area contributed by atoms with E-state index in [1.807, 2.05) is 12.2 Å². The second-order valence-electron chi connectivity index (χ2n) is 7.86. The summed E-state index contributed by atoms with van der Waals surface area (Å²) in [5.74, 6) is 0.604. The Morgan fingerprint density at radius 2 is 1.34 bits per heavy atom. The lowest BCUT2D eigenvalue weighted by Gasteiger charge is -2.06. The molecule has 0 bridgehead atoms. The number of guanidine groups is 1. The molecular formula is C24H29ClN4O4S2. The second kappa shape index (κ2) is 12.7. The van der Waals surface area contributed by atoms with Crippen molar-refractivity contribution in [3.8, 4) is 0 Å². The van der Waals surface area contributed by atoms with E-state index in [4.69, 9.17) is 0 Å². The van der Waals surface area contributed by atoms with Crippen LogP contribution in [0.25, 0.3) is 12.2 Å². The van der Waals surface area contributed by atoms with E-state index in [9.17, 15) is 16.8 Å². The quantitative estimate of drug-likeness (QED) is 0.414. The van der Waals surface area contributed by atoms with Gasteiger partial charge in [-0.1, -0.05) is 36.4 Å². The monoisotopic (exact) mass is 536 g/mol. The molecule has 1 aliphatic heterocycles. The van der Waals surface area contributed by atoms with E-state index in [-0.39, 0.29) is 22.2 Å².